The van der Waals surface area contributed by atoms with Gasteiger partial charge >= 0.3 is 0 Å². The SMILES string of the molecule is CNCc1csc(-c2ccnc(C)n2)n1. The van der Waals surface area contributed by atoms with Gasteiger partial charge < -0.3 is 5.32 Å². The largest absolute Gasteiger partial charge is 0.314 e. The Morgan fingerprint density at radius 2 is 2.27 bits per heavy atom. The molecule has 0 saturated carbocycles. The molecule has 5 heteroatoms. The highest BCUT2D eigenvalue weighted by molar-refractivity contribution is 7.13. The lowest BCUT2D eigenvalue weighted by Gasteiger charge is -1.96. The molecule has 0 fully saturated rings. The van der Waals surface area contributed by atoms with Crippen LogP contribution in [0.4, 0.5) is 0 Å². The maximum atomic E-state index is 4.48. The predicted octanol–water partition coefficient (Wildman–Crippen LogP) is 1.63. The molecular weight excluding hydrogens is 208 g/mol. The average molecular weight is 220 g/mol. The summed E-state index contributed by atoms with van der Waals surface area (Å²) in [7, 11) is 1.91. The predicted molar refractivity (Wildman–Crippen MR) is 60.6 cm³/mol. The van der Waals surface area contributed by atoms with E-state index in [0.717, 1.165) is 28.8 Å². The zero-order valence-corrected chi connectivity index (χ0v) is 9.51. The van der Waals surface area contributed by atoms with Gasteiger partial charge in [-0.05, 0) is 20.0 Å². The lowest BCUT2D eigenvalue weighted by molar-refractivity contribution is 0.798. The van der Waals surface area contributed by atoms with Gasteiger partial charge in [0.25, 0.3) is 0 Å². The molecule has 15 heavy (non-hydrogen) atoms. The van der Waals surface area contributed by atoms with Gasteiger partial charge in [0, 0.05) is 18.1 Å². The van der Waals surface area contributed by atoms with E-state index in [-0.39, 0.29) is 0 Å². The third kappa shape index (κ3) is 2.37. The van der Waals surface area contributed by atoms with Gasteiger partial charge in [0.05, 0.1) is 5.69 Å². The van der Waals surface area contributed by atoms with Gasteiger partial charge in [0.1, 0.15) is 16.5 Å². The van der Waals surface area contributed by atoms with Gasteiger partial charge in [-0.2, -0.15) is 0 Å². The van der Waals surface area contributed by atoms with E-state index < -0.39 is 0 Å². The lowest BCUT2D eigenvalue weighted by atomic mass is 10.4. The second-order valence-corrected chi connectivity index (χ2v) is 4.02. The average Bonchev–Trinajstić information content (AvgIpc) is 2.67. The molecule has 0 spiro atoms. The number of aryl methyl sites for hydroxylation is 1. The third-order valence-electron chi connectivity index (χ3n) is 1.90. The van der Waals surface area contributed by atoms with Crippen LogP contribution in [-0.4, -0.2) is 22.0 Å². The topological polar surface area (TPSA) is 50.7 Å². The molecule has 0 aliphatic rings. The number of hydrogen-bond donors (Lipinski definition) is 1. The Bertz CT molecular complexity index is 452. The van der Waals surface area contributed by atoms with Gasteiger partial charge in [0.2, 0.25) is 0 Å². The molecule has 2 aromatic rings. The molecule has 1 N–H and O–H groups in total. The first kappa shape index (κ1) is 10.2. The van der Waals surface area contributed by atoms with Gasteiger partial charge in [-0.3, -0.25) is 0 Å². The zero-order chi connectivity index (χ0) is 10.7. The Kier molecular flexibility index (Phi) is 3.03. The Balaban J connectivity index is 2.29. The van der Waals surface area contributed by atoms with Gasteiger partial charge in [0.15, 0.2) is 0 Å². The second kappa shape index (κ2) is 4.46. The molecule has 0 aliphatic heterocycles. The number of nitrogens with zero attached hydrogens (tertiary/aromatic N) is 3. The molecule has 0 saturated heterocycles. The first-order valence-corrected chi connectivity index (χ1v) is 5.56. The van der Waals surface area contributed by atoms with Crippen LogP contribution in [0.25, 0.3) is 10.7 Å². The second-order valence-electron chi connectivity index (χ2n) is 3.16. The zero-order valence-electron chi connectivity index (χ0n) is 8.69. The summed E-state index contributed by atoms with van der Waals surface area (Å²) in [5.74, 6) is 0.776. The molecular formula is C10H12N4S. The maximum Gasteiger partial charge on any atom is 0.142 e. The van der Waals surface area contributed by atoms with Crippen LogP contribution in [0.1, 0.15) is 11.5 Å². The summed E-state index contributed by atoms with van der Waals surface area (Å²) in [4.78, 5) is 12.9. The summed E-state index contributed by atoms with van der Waals surface area (Å²) in [5.41, 5.74) is 1.95. The lowest BCUT2D eigenvalue weighted by Crippen LogP contribution is -2.04. The fraction of sp³-hybridized carbons (Fsp3) is 0.300. The molecule has 0 radical (unpaired) electrons. The van der Waals surface area contributed by atoms with Crippen LogP contribution in [-0.2, 0) is 6.54 Å². The minimum atomic E-state index is 0.776. The van der Waals surface area contributed by atoms with Crippen molar-refractivity contribution in [3.8, 4) is 10.7 Å². The molecule has 0 aromatic carbocycles. The summed E-state index contributed by atoms with van der Waals surface area (Å²) >= 11 is 1.61. The van der Waals surface area contributed by atoms with E-state index in [1.165, 1.54) is 0 Å². The third-order valence-corrected chi connectivity index (χ3v) is 2.82. The highest BCUT2D eigenvalue weighted by Crippen LogP contribution is 2.21. The van der Waals surface area contributed by atoms with E-state index in [2.05, 4.69) is 20.3 Å². The van der Waals surface area contributed by atoms with Crippen molar-refractivity contribution in [2.24, 2.45) is 0 Å². The summed E-state index contributed by atoms with van der Waals surface area (Å²) in [6.07, 6.45) is 1.76. The summed E-state index contributed by atoms with van der Waals surface area (Å²) in [6.45, 7) is 2.67. The minimum absolute atomic E-state index is 0.776. The van der Waals surface area contributed by atoms with Crippen molar-refractivity contribution in [3.63, 3.8) is 0 Å². The molecule has 0 bridgehead atoms. The Hall–Kier alpha value is -1.33. The smallest absolute Gasteiger partial charge is 0.142 e. The van der Waals surface area contributed by atoms with E-state index >= 15 is 0 Å². The number of rotatable bonds is 3. The minimum Gasteiger partial charge on any atom is -0.314 e. The number of hydrogen-bond acceptors (Lipinski definition) is 5. The molecule has 2 heterocycles. The number of nitrogens with one attached hydrogen (secondary N) is 1. The molecule has 0 atom stereocenters. The Morgan fingerprint density at radius 3 is 3.00 bits per heavy atom. The first-order valence-electron chi connectivity index (χ1n) is 4.68. The maximum absolute atomic E-state index is 4.48. The Morgan fingerprint density at radius 1 is 1.40 bits per heavy atom. The van der Waals surface area contributed by atoms with E-state index in [1.54, 1.807) is 17.5 Å². The van der Waals surface area contributed by atoms with Crippen LogP contribution in [0.5, 0.6) is 0 Å². The fourth-order valence-electron chi connectivity index (χ4n) is 1.26. The van der Waals surface area contributed by atoms with Crippen molar-refractivity contribution in [2.45, 2.75) is 13.5 Å². The number of thiazole rings is 1. The highest BCUT2D eigenvalue weighted by Gasteiger charge is 2.05. The molecule has 2 aromatic heterocycles. The summed E-state index contributed by atoms with van der Waals surface area (Å²) < 4.78 is 0. The van der Waals surface area contributed by atoms with Gasteiger partial charge in [-0.1, -0.05) is 0 Å². The molecule has 0 unspecified atom stereocenters. The van der Waals surface area contributed by atoms with E-state index in [0.29, 0.717) is 0 Å². The van der Waals surface area contributed by atoms with Crippen molar-refractivity contribution in [3.05, 3.63) is 29.2 Å². The van der Waals surface area contributed by atoms with Crippen LogP contribution in [0, 0.1) is 6.92 Å². The summed E-state index contributed by atoms with van der Waals surface area (Å²) in [6, 6.07) is 1.88. The molecule has 0 aliphatic carbocycles. The fourth-order valence-corrected chi connectivity index (χ4v) is 2.05. The normalized spacial score (nSPS) is 10.5. The van der Waals surface area contributed by atoms with Gasteiger partial charge in [-0.25, -0.2) is 15.0 Å². The standard InChI is InChI=1S/C10H12N4S/c1-7-12-4-3-9(13-7)10-14-8(5-11-2)6-15-10/h3-4,6,11H,5H2,1-2H3. The van der Waals surface area contributed by atoms with Crippen molar-refractivity contribution in [1.82, 2.24) is 20.3 Å². The van der Waals surface area contributed by atoms with Crippen LogP contribution in [0.2, 0.25) is 0 Å². The van der Waals surface area contributed by atoms with Crippen molar-refractivity contribution in [2.75, 3.05) is 7.05 Å². The Labute approximate surface area is 92.4 Å². The van der Waals surface area contributed by atoms with Crippen LogP contribution in [0.3, 0.4) is 0 Å². The molecule has 2 rings (SSSR count). The van der Waals surface area contributed by atoms with Crippen LogP contribution >= 0.6 is 11.3 Å². The van der Waals surface area contributed by atoms with Crippen molar-refractivity contribution in [1.29, 1.82) is 0 Å². The highest BCUT2D eigenvalue weighted by atomic mass is 32.1. The molecule has 0 amide bonds. The van der Waals surface area contributed by atoms with E-state index in [4.69, 9.17) is 0 Å². The molecule has 4 nitrogen and oxygen atoms in total. The van der Waals surface area contributed by atoms with Crippen LogP contribution in [0.15, 0.2) is 17.6 Å². The first-order chi connectivity index (χ1) is 7.29. The van der Waals surface area contributed by atoms with E-state index in [9.17, 15) is 0 Å². The molecule has 78 valence electrons. The van der Waals surface area contributed by atoms with Crippen molar-refractivity contribution >= 4 is 11.3 Å². The quantitative estimate of drug-likeness (QED) is 0.854. The van der Waals surface area contributed by atoms with Gasteiger partial charge in [-0.15, -0.1) is 11.3 Å². The number of aromatic nitrogens is 3. The van der Waals surface area contributed by atoms with Crippen molar-refractivity contribution < 1.29 is 0 Å². The van der Waals surface area contributed by atoms with Crippen LogP contribution < -0.4 is 5.32 Å². The van der Waals surface area contributed by atoms with E-state index in [1.807, 2.05) is 25.4 Å². The summed E-state index contributed by atoms with van der Waals surface area (Å²) in [5, 5.41) is 6.07. The monoisotopic (exact) mass is 220 g/mol.